The highest BCUT2D eigenvalue weighted by Gasteiger charge is 2.71. The van der Waals surface area contributed by atoms with Crippen molar-refractivity contribution in [2.75, 3.05) is 6.61 Å². The molecule has 0 fully saturated rings. The fourth-order valence-electron chi connectivity index (χ4n) is 3.24. The molecule has 0 aromatic heterocycles. The molecule has 0 saturated heterocycles. The van der Waals surface area contributed by atoms with Gasteiger partial charge in [0, 0.05) is 0 Å². The second-order valence-electron chi connectivity index (χ2n) is 9.01. The van der Waals surface area contributed by atoms with Crippen molar-refractivity contribution in [3.63, 3.8) is 0 Å². The summed E-state index contributed by atoms with van der Waals surface area (Å²) in [5.74, 6) is -0.222. The van der Waals surface area contributed by atoms with Gasteiger partial charge in [-0.15, -0.1) is 0 Å². The van der Waals surface area contributed by atoms with Gasteiger partial charge in [-0.2, -0.15) is 26.3 Å². The molecule has 1 atom stereocenters. The molecule has 0 bridgehead atoms. The number of alkyl halides is 6. The van der Waals surface area contributed by atoms with E-state index in [-0.39, 0.29) is 11.2 Å². The van der Waals surface area contributed by atoms with Gasteiger partial charge in [-0.05, 0) is 59.5 Å². The lowest BCUT2D eigenvalue weighted by Gasteiger charge is -2.31. The summed E-state index contributed by atoms with van der Waals surface area (Å²) in [6.07, 6.45) is -11.9. The Labute approximate surface area is 202 Å². The summed E-state index contributed by atoms with van der Waals surface area (Å²) in [5.41, 5.74) is -3.84. The van der Waals surface area contributed by atoms with E-state index in [2.05, 4.69) is 20.8 Å². The molecule has 0 aliphatic rings. The third kappa shape index (κ3) is 5.95. The van der Waals surface area contributed by atoms with Gasteiger partial charge in [0.1, 0.15) is 12.4 Å². The molecule has 0 aliphatic carbocycles. The van der Waals surface area contributed by atoms with Gasteiger partial charge in [-0.1, -0.05) is 51.1 Å². The standard InChI is InChI=1S/C26H25F6O2S/c1-23(2,3)18-9-13-21(14-10-18)35(20-7-5-4-6-8-20)22-15-11-19(12-16-22)34-17-24(33,25(27,28)29)26(30,31)32/h4-16,33H,17H2,1-3H3/q+1. The molecule has 0 saturated carbocycles. The van der Waals surface area contributed by atoms with Crippen molar-refractivity contribution >= 4 is 10.9 Å². The van der Waals surface area contributed by atoms with Crippen LogP contribution in [0.15, 0.2) is 93.5 Å². The monoisotopic (exact) mass is 515 g/mol. The molecule has 0 amide bonds. The largest absolute Gasteiger partial charge is 0.490 e. The molecule has 35 heavy (non-hydrogen) atoms. The average molecular weight is 516 g/mol. The Morgan fingerprint density at radius 3 is 1.51 bits per heavy atom. The van der Waals surface area contributed by atoms with E-state index in [0.717, 1.165) is 20.2 Å². The molecule has 0 spiro atoms. The van der Waals surface area contributed by atoms with Crippen molar-refractivity contribution in [2.24, 2.45) is 0 Å². The molecule has 0 radical (unpaired) electrons. The molecule has 0 heterocycles. The molecule has 3 rings (SSSR count). The van der Waals surface area contributed by atoms with Crippen LogP contribution in [0.1, 0.15) is 26.3 Å². The lowest BCUT2D eigenvalue weighted by molar-refractivity contribution is -0.373. The predicted octanol–water partition coefficient (Wildman–Crippen LogP) is 7.31. The molecule has 1 N–H and O–H groups in total. The first-order valence-electron chi connectivity index (χ1n) is 10.6. The molecule has 188 valence electrons. The van der Waals surface area contributed by atoms with Crippen LogP contribution in [0.25, 0.3) is 0 Å². The SMILES string of the molecule is CC(C)(C)c1ccc([S+](c2ccccc2)c2ccc(OCC(O)(C(F)(F)F)C(F)(F)F)cc2)cc1. The number of hydrogen-bond acceptors (Lipinski definition) is 2. The molecule has 2 nitrogen and oxygen atoms in total. The Morgan fingerprint density at radius 1 is 0.657 bits per heavy atom. The lowest BCUT2D eigenvalue weighted by atomic mass is 9.87. The van der Waals surface area contributed by atoms with Crippen LogP contribution in [0.5, 0.6) is 5.75 Å². The maximum atomic E-state index is 12.9. The maximum absolute atomic E-state index is 12.9. The van der Waals surface area contributed by atoms with E-state index in [0.29, 0.717) is 0 Å². The van der Waals surface area contributed by atoms with Crippen LogP contribution in [0.2, 0.25) is 0 Å². The van der Waals surface area contributed by atoms with Crippen LogP contribution in [-0.2, 0) is 16.3 Å². The summed E-state index contributed by atoms with van der Waals surface area (Å²) in [6, 6.07) is 23.5. The van der Waals surface area contributed by atoms with Gasteiger partial charge >= 0.3 is 12.4 Å². The first kappa shape index (κ1) is 26.9. The highest BCUT2D eigenvalue weighted by atomic mass is 32.2. The minimum atomic E-state index is -5.94. The van der Waals surface area contributed by atoms with Crippen LogP contribution < -0.4 is 4.74 Å². The molecule has 1 unspecified atom stereocenters. The summed E-state index contributed by atoms with van der Waals surface area (Å²) < 4.78 is 82.1. The van der Waals surface area contributed by atoms with Crippen LogP contribution in [0, 0.1) is 0 Å². The predicted molar refractivity (Wildman–Crippen MR) is 123 cm³/mol. The van der Waals surface area contributed by atoms with Crippen molar-refractivity contribution in [3.8, 4) is 5.75 Å². The second kappa shape index (κ2) is 9.78. The highest BCUT2D eigenvalue weighted by molar-refractivity contribution is 7.97. The van der Waals surface area contributed by atoms with Crippen LogP contribution >= 0.6 is 0 Å². The fourth-order valence-corrected chi connectivity index (χ4v) is 5.30. The first-order chi connectivity index (χ1) is 16.1. The Balaban J connectivity index is 1.90. The van der Waals surface area contributed by atoms with Crippen LogP contribution in [-0.4, -0.2) is 29.7 Å². The summed E-state index contributed by atoms with van der Waals surface area (Å²) in [5, 5.41) is 9.29. The topological polar surface area (TPSA) is 29.5 Å². The summed E-state index contributed by atoms with van der Waals surface area (Å²) >= 11 is 0. The van der Waals surface area contributed by atoms with Crippen molar-refractivity contribution in [1.82, 2.24) is 0 Å². The van der Waals surface area contributed by atoms with E-state index in [1.165, 1.54) is 12.1 Å². The summed E-state index contributed by atoms with van der Waals surface area (Å²) in [7, 11) is -0.572. The van der Waals surface area contributed by atoms with Gasteiger partial charge in [-0.3, -0.25) is 0 Å². The van der Waals surface area contributed by atoms with Gasteiger partial charge in [-0.25, -0.2) is 0 Å². The second-order valence-corrected chi connectivity index (χ2v) is 11.0. The number of ether oxygens (including phenoxy) is 1. The van der Waals surface area contributed by atoms with Gasteiger partial charge in [0.25, 0.3) is 5.60 Å². The van der Waals surface area contributed by atoms with Crippen molar-refractivity contribution in [3.05, 3.63) is 84.4 Å². The molecular weight excluding hydrogens is 490 g/mol. The minimum absolute atomic E-state index is 0.0301. The van der Waals surface area contributed by atoms with Gasteiger partial charge in [0.15, 0.2) is 14.7 Å². The van der Waals surface area contributed by atoms with E-state index in [9.17, 15) is 31.4 Å². The zero-order valence-corrected chi connectivity index (χ0v) is 20.1. The minimum Gasteiger partial charge on any atom is -0.490 e. The van der Waals surface area contributed by atoms with E-state index in [1.807, 2.05) is 54.6 Å². The zero-order chi connectivity index (χ0) is 26.1. The Hall–Kier alpha value is -2.65. The maximum Gasteiger partial charge on any atom is 0.429 e. The summed E-state index contributed by atoms with van der Waals surface area (Å²) in [6.45, 7) is 4.32. The lowest BCUT2D eigenvalue weighted by Crippen LogP contribution is -2.60. The number of benzene rings is 3. The van der Waals surface area contributed by atoms with Crippen molar-refractivity contribution in [1.29, 1.82) is 0 Å². The normalized spacial score (nSPS) is 14.0. The smallest absolute Gasteiger partial charge is 0.429 e. The van der Waals surface area contributed by atoms with Gasteiger partial charge < -0.3 is 9.84 Å². The highest BCUT2D eigenvalue weighted by Crippen LogP contribution is 2.43. The first-order valence-corrected chi connectivity index (χ1v) is 11.8. The van der Waals surface area contributed by atoms with Crippen LogP contribution in [0.4, 0.5) is 26.3 Å². The molecular formula is C26H25F6O2S+. The van der Waals surface area contributed by atoms with Gasteiger partial charge in [0.2, 0.25) is 0 Å². The fraction of sp³-hybridized carbons (Fsp3) is 0.308. The Bertz CT molecular complexity index is 1090. The third-order valence-electron chi connectivity index (χ3n) is 5.38. The Kier molecular flexibility index (Phi) is 7.53. The average Bonchev–Trinajstić information content (AvgIpc) is 2.77. The number of halogens is 6. The summed E-state index contributed by atoms with van der Waals surface area (Å²) in [4.78, 5) is 2.79. The Morgan fingerprint density at radius 2 is 1.09 bits per heavy atom. The molecule has 3 aromatic rings. The van der Waals surface area contributed by atoms with E-state index >= 15 is 0 Å². The van der Waals surface area contributed by atoms with Gasteiger partial charge in [0.05, 0.1) is 10.9 Å². The quantitative estimate of drug-likeness (QED) is 0.276. The van der Waals surface area contributed by atoms with E-state index in [1.54, 1.807) is 12.1 Å². The third-order valence-corrected chi connectivity index (χ3v) is 7.61. The van der Waals surface area contributed by atoms with Crippen molar-refractivity contribution in [2.45, 2.75) is 58.8 Å². The number of aliphatic hydroxyl groups is 1. The van der Waals surface area contributed by atoms with E-state index in [4.69, 9.17) is 4.74 Å². The number of hydrogen-bond donors (Lipinski definition) is 1. The number of rotatable bonds is 6. The zero-order valence-electron chi connectivity index (χ0n) is 19.2. The van der Waals surface area contributed by atoms with E-state index < -0.39 is 35.5 Å². The van der Waals surface area contributed by atoms with Crippen molar-refractivity contribution < 1.29 is 36.2 Å². The molecule has 3 aromatic carbocycles. The van der Waals surface area contributed by atoms with Crippen LogP contribution in [0.3, 0.4) is 0 Å². The molecule has 9 heteroatoms. The molecule has 0 aliphatic heterocycles.